The Kier molecular flexibility index (Phi) is 6.44. The maximum atomic E-state index is 12.2. The van der Waals surface area contributed by atoms with Gasteiger partial charge in [0, 0.05) is 6.42 Å². The van der Waals surface area contributed by atoms with Gasteiger partial charge in [-0.15, -0.1) is 10.2 Å². The van der Waals surface area contributed by atoms with Gasteiger partial charge in [-0.1, -0.05) is 53.7 Å². The highest BCUT2D eigenvalue weighted by atomic mass is 32.2. The molecule has 2 N–H and O–H groups in total. The van der Waals surface area contributed by atoms with Gasteiger partial charge in [0.05, 0.1) is 18.6 Å². The number of benzene rings is 2. The van der Waals surface area contributed by atoms with E-state index in [4.69, 9.17) is 4.74 Å². The highest BCUT2D eigenvalue weighted by Crippen LogP contribution is 2.23. The molecule has 144 valence electrons. The number of hydrogen-bond acceptors (Lipinski definition) is 6. The van der Waals surface area contributed by atoms with Gasteiger partial charge in [-0.3, -0.25) is 14.6 Å². The van der Waals surface area contributed by atoms with Gasteiger partial charge in [0.1, 0.15) is 11.4 Å². The molecule has 8 heteroatoms. The molecule has 0 unspecified atom stereocenters. The molecular formula is C20H20N4O3S. The number of methoxy groups -OCH3 is 1. The molecule has 7 nitrogen and oxygen atoms in total. The van der Waals surface area contributed by atoms with Crippen LogP contribution in [0.2, 0.25) is 0 Å². The maximum absolute atomic E-state index is 12.2. The van der Waals surface area contributed by atoms with Gasteiger partial charge >= 0.3 is 0 Å². The highest BCUT2D eigenvalue weighted by molar-refractivity contribution is 7.99. The normalized spacial score (nSPS) is 10.5. The lowest BCUT2D eigenvalue weighted by Crippen LogP contribution is -2.19. The average molecular weight is 396 g/mol. The third-order valence-electron chi connectivity index (χ3n) is 3.96. The van der Waals surface area contributed by atoms with Crippen molar-refractivity contribution in [1.29, 1.82) is 0 Å². The van der Waals surface area contributed by atoms with Crippen LogP contribution in [0.1, 0.15) is 16.8 Å². The summed E-state index contributed by atoms with van der Waals surface area (Å²) in [6.45, 7) is 2.01. The molecule has 3 rings (SSSR count). The van der Waals surface area contributed by atoms with Crippen molar-refractivity contribution in [1.82, 2.24) is 15.2 Å². The third kappa shape index (κ3) is 5.20. The van der Waals surface area contributed by atoms with Crippen LogP contribution in [-0.4, -0.2) is 34.0 Å². The highest BCUT2D eigenvalue weighted by Gasteiger charge is 2.10. The van der Waals surface area contributed by atoms with E-state index in [2.05, 4.69) is 20.5 Å². The molecule has 0 saturated carbocycles. The number of amides is 1. The fourth-order valence-electron chi connectivity index (χ4n) is 2.49. The Bertz CT molecular complexity index is 1020. The van der Waals surface area contributed by atoms with E-state index in [1.807, 2.05) is 37.3 Å². The minimum Gasteiger partial charge on any atom is -0.495 e. The van der Waals surface area contributed by atoms with Crippen molar-refractivity contribution in [2.75, 3.05) is 18.2 Å². The fourth-order valence-corrected chi connectivity index (χ4v) is 3.10. The molecular weight excluding hydrogens is 376 g/mol. The first-order chi connectivity index (χ1) is 13.5. The molecule has 0 saturated heterocycles. The van der Waals surface area contributed by atoms with Crippen molar-refractivity contribution >= 4 is 23.4 Å². The Hall–Kier alpha value is -3.13. The molecule has 1 heterocycles. The zero-order chi connectivity index (χ0) is 19.9. The number of H-pyrrole nitrogens is 1. The molecule has 0 bridgehead atoms. The predicted molar refractivity (Wildman–Crippen MR) is 109 cm³/mol. The first-order valence-electron chi connectivity index (χ1n) is 8.62. The van der Waals surface area contributed by atoms with Crippen LogP contribution in [0.3, 0.4) is 0 Å². The zero-order valence-corrected chi connectivity index (χ0v) is 16.4. The van der Waals surface area contributed by atoms with E-state index >= 15 is 0 Å². The summed E-state index contributed by atoms with van der Waals surface area (Å²) in [5.41, 5.74) is 2.77. The number of anilines is 1. The number of para-hydroxylation sites is 2. The molecule has 0 aliphatic heterocycles. The molecule has 0 aliphatic carbocycles. The van der Waals surface area contributed by atoms with Crippen LogP contribution in [-0.2, 0) is 11.2 Å². The minimum atomic E-state index is -0.303. The molecule has 2 aromatic carbocycles. The fraction of sp³-hybridized carbons (Fsp3) is 0.200. The molecule has 0 spiro atoms. The molecule has 0 radical (unpaired) electrons. The second kappa shape index (κ2) is 9.18. The Labute approximate surface area is 166 Å². The number of nitrogens with zero attached hydrogens (tertiary/aromatic N) is 2. The predicted octanol–water partition coefficient (Wildman–Crippen LogP) is 2.80. The van der Waals surface area contributed by atoms with Crippen LogP contribution in [0.5, 0.6) is 5.75 Å². The summed E-state index contributed by atoms with van der Waals surface area (Å²) in [5, 5.41) is 11.1. The summed E-state index contributed by atoms with van der Waals surface area (Å²) in [6, 6.07) is 15.0. The zero-order valence-electron chi connectivity index (χ0n) is 15.6. The SMILES string of the molecule is COc1ccccc1NC(=O)CSc1nnc(Cc2ccc(C)cc2)c(=O)[nH]1. The molecule has 0 aliphatic rings. The molecule has 28 heavy (non-hydrogen) atoms. The lowest BCUT2D eigenvalue weighted by molar-refractivity contribution is -0.113. The van der Waals surface area contributed by atoms with E-state index < -0.39 is 0 Å². The van der Waals surface area contributed by atoms with E-state index in [0.29, 0.717) is 28.7 Å². The number of hydrogen-bond donors (Lipinski definition) is 2. The maximum Gasteiger partial charge on any atom is 0.273 e. The summed E-state index contributed by atoms with van der Waals surface area (Å²) in [5.74, 6) is 0.426. The number of thioether (sulfide) groups is 1. The quantitative estimate of drug-likeness (QED) is 0.596. The molecule has 1 aromatic heterocycles. The lowest BCUT2D eigenvalue weighted by Gasteiger charge is -2.09. The smallest absolute Gasteiger partial charge is 0.273 e. The Balaban J connectivity index is 1.59. The van der Waals surface area contributed by atoms with Gasteiger partial charge in [-0.25, -0.2) is 0 Å². The van der Waals surface area contributed by atoms with Gasteiger partial charge in [0.2, 0.25) is 5.91 Å². The third-order valence-corrected chi connectivity index (χ3v) is 4.82. The Morgan fingerprint density at radius 2 is 1.89 bits per heavy atom. The van der Waals surface area contributed by atoms with Gasteiger partial charge in [0.15, 0.2) is 5.16 Å². The number of ether oxygens (including phenoxy) is 1. The van der Waals surface area contributed by atoms with E-state index in [1.54, 1.807) is 18.2 Å². The van der Waals surface area contributed by atoms with Crippen molar-refractivity contribution in [2.24, 2.45) is 0 Å². The number of nitrogens with one attached hydrogen (secondary N) is 2. The summed E-state index contributed by atoms with van der Waals surface area (Å²) in [7, 11) is 1.54. The summed E-state index contributed by atoms with van der Waals surface area (Å²) >= 11 is 1.11. The van der Waals surface area contributed by atoms with E-state index in [0.717, 1.165) is 22.9 Å². The monoisotopic (exact) mass is 396 g/mol. The largest absolute Gasteiger partial charge is 0.495 e. The van der Waals surface area contributed by atoms with Crippen LogP contribution >= 0.6 is 11.8 Å². The molecule has 3 aromatic rings. The van der Waals surface area contributed by atoms with E-state index in [1.165, 1.54) is 7.11 Å². The molecule has 0 atom stereocenters. The molecule has 0 fully saturated rings. The van der Waals surface area contributed by atoms with E-state index in [9.17, 15) is 9.59 Å². The minimum absolute atomic E-state index is 0.0833. The number of carbonyl (C=O) groups excluding carboxylic acids is 1. The number of rotatable bonds is 7. The van der Waals surface area contributed by atoms with Crippen LogP contribution in [0.15, 0.2) is 58.5 Å². The van der Waals surface area contributed by atoms with Crippen LogP contribution in [0, 0.1) is 6.92 Å². The van der Waals surface area contributed by atoms with Gasteiger partial charge in [-0.2, -0.15) is 0 Å². The average Bonchev–Trinajstić information content (AvgIpc) is 2.70. The van der Waals surface area contributed by atoms with Crippen molar-refractivity contribution < 1.29 is 9.53 Å². The number of aryl methyl sites for hydroxylation is 1. The number of aromatic nitrogens is 3. The summed E-state index contributed by atoms with van der Waals surface area (Å²) in [6.07, 6.45) is 0.405. The number of carbonyl (C=O) groups is 1. The topological polar surface area (TPSA) is 97.0 Å². The second-order valence-electron chi connectivity index (χ2n) is 6.11. The summed E-state index contributed by atoms with van der Waals surface area (Å²) < 4.78 is 5.20. The van der Waals surface area contributed by atoms with Crippen molar-refractivity contribution in [3.05, 3.63) is 75.7 Å². The lowest BCUT2D eigenvalue weighted by atomic mass is 10.1. The van der Waals surface area contributed by atoms with Crippen molar-refractivity contribution in [2.45, 2.75) is 18.5 Å². The Morgan fingerprint density at radius 3 is 2.61 bits per heavy atom. The standard InChI is InChI=1S/C20H20N4O3S/c1-13-7-9-14(10-8-13)11-16-19(26)22-20(24-23-16)28-12-18(25)21-15-5-3-4-6-17(15)27-2/h3-10H,11-12H2,1-2H3,(H,21,25)(H,22,24,26). The van der Waals surface area contributed by atoms with E-state index in [-0.39, 0.29) is 17.2 Å². The van der Waals surface area contributed by atoms with Gasteiger partial charge in [0.25, 0.3) is 5.56 Å². The van der Waals surface area contributed by atoms with Crippen LogP contribution in [0.4, 0.5) is 5.69 Å². The first-order valence-corrected chi connectivity index (χ1v) is 9.61. The van der Waals surface area contributed by atoms with Crippen LogP contribution in [0.25, 0.3) is 0 Å². The summed E-state index contributed by atoms with van der Waals surface area (Å²) in [4.78, 5) is 27.1. The van der Waals surface area contributed by atoms with Crippen molar-refractivity contribution in [3.8, 4) is 5.75 Å². The second-order valence-corrected chi connectivity index (χ2v) is 7.07. The van der Waals surface area contributed by atoms with Crippen LogP contribution < -0.4 is 15.6 Å². The molecule has 1 amide bonds. The number of aromatic amines is 1. The van der Waals surface area contributed by atoms with Gasteiger partial charge in [-0.05, 0) is 24.6 Å². The van der Waals surface area contributed by atoms with Gasteiger partial charge < -0.3 is 10.1 Å². The Morgan fingerprint density at radius 1 is 1.14 bits per heavy atom. The van der Waals surface area contributed by atoms with Crippen molar-refractivity contribution in [3.63, 3.8) is 0 Å². The first kappa shape index (κ1) is 19.6.